The Hall–Kier alpha value is -4.47. The molecule has 0 unspecified atom stereocenters. The number of aryl methyl sites for hydroxylation is 1. The van der Waals surface area contributed by atoms with Crippen LogP contribution in [0.4, 0.5) is 0 Å². The average Bonchev–Trinajstić information content (AvgIpc) is 3.65. The third-order valence-electron chi connectivity index (χ3n) is 8.32. The van der Waals surface area contributed by atoms with E-state index in [0.29, 0.717) is 32.5 Å². The lowest BCUT2D eigenvalue weighted by Gasteiger charge is -2.32. The van der Waals surface area contributed by atoms with Crippen LogP contribution < -0.4 is 10.1 Å². The Morgan fingerprint density at radius 1 is 0.783 bits per heavy atom. The smallest absolute Gasteiger partial charge is 0.247 e. The first kappa shape index (κ1) is 32.9. The molecule has 1 aliphatic heterocycles. The lowest BCUT2D eigenvalue weighted by atomic mass is 10.0. The normalized spacial score (nSPS) is 14.0. The minimum absolute atomic E-state index is 0.160. The van der Waals surface area contributed by atoms with Gasteiger partial charge in [-0.15, -0.1) is 0 Å². The number of hydrogen-bond acceptors (Lipinski definition) is 5. The van der Waals surface area contributed by atoms with Crippen molar-refractivity contribution in [2.45, 2.75) is 49.6 Å². The number of nitrogens with one attached hydrogen (secondary N) is 1. The van der Waals surface area contributed by atoms with Gasteiger partial charge in [0, 0.05) is 32.6 Å². The van der Waals surface area contributed by atoms with E-state index in [2.05, 4.69) is 5.32 Å². The Balaban J connectivity index is 1.32. The van der Waals surface area contributed by atoms with Gasteiger partial charge in [0.1, 0.15) is 11.8 Å². The first-order chi connectivity index (χ1) is 22.3. The fourth-order valence-electron chi connectivity index (χ4n) is 5.73. The van der Waals surface area contributed by atoms with Gasteiger partial charge in [0.2, 0.25) is 21.8 Å². The van der Waals surface area contributed by atoms with Crippen LogP contribution in [0.5, 0.6) is 5.75 Å². The average molecular weight is 640 g/mol. The monoisotopic (exact) mass is 639 g/mol. The van der Waals surface area contributed by atoms with Crippen molar-refractivity contribution in [1.82, 2.24) is 14.5 Å². The molecular weight excluding hydrogens is 598 g/mol. The highest BCUT2D eigenvalue weighted by molar-refractivity contribution is 7.89. The van der Waals surface area contributed by atoms with Gasteiger partial charge in [0.25, 0.3) is 0 Å². The second-order valence-electron chi connectivity index (χ2n) is 11.5. The molecule has 1 aliphatic rings. The van der Waals surface area contributed by atoms with Crippen LogP contribution in [0.3, 0.4) is 0 Å². The third-order valence-corrected chi connectivity index (χ3v) is 10.2. The van der Waals surface area contributed by atoms with Crippen molar-refractivity contribution in [3.05, 3.63) is 131 Å². The van der Waals surface area contributed by atoms with Gasteiger partial charge in [-0.25, -0.2) is 8.42 Å². The first-order valence-electron chi connectivity index (χ1n) is 15.7. The number of benzene rings is 4. The Labute approximate surface area is 272 Å². The van der Waals surface area contributed by atoms with E-state index in [1.54, 1.807) is 36.3 Å². The topological polar surface area (TPSA) is 96.0 Å². The van der Waals surface area contributed by atoms with E-state index >= 15 is 0 Å². The highest BCUT2D eigenvalue weighted by Gasteiger charge is 2.31. The Kier molecular flexibility index (Phi) is 11.2. The SMILES string of the molecule is COc1ccc(CCNC(=O)[C@@H](c2ccccc2)N(Cc2ccccc2)C(=O)CCc2ccc(S(=O)(=O)N3CCCC3)cc2)cc1. The van der Waals surface area contributed by atoms with Crippen LogP contribution in [0.15, 0.2) is 114 Å². The van der Waals surface area contributed by atoms with Crippen LogP contribution >= 0.6 is 0 Å². The van der Waals surface area contributed by atoms with Gasteiger partial charge in [-0.2, -0.15) is 4.31 Å². The van der Waals surface area contributed by atoms with Gasteiger partial charge in [-0.1, -0.05) is 84.9 Å². The van der Waals surface area contributed by atoms with Crippen molar-refractivity contribution >= 4 is 21.8 Å². The molecule has 0 spiro atoms. The highest BCUT2D eigenvalue weighted by atomic mass is 32.2. The Morgan fingerprint density at radius 3 is 2.00 bits per heavy atom. The van der Waals surface area contributed by atoms with E-state index in [9.17, 15) is 18.0 Å². The van der Waals surface area contributed by atoms with Gasteiger partial charge >= 0.3 is 0 Å². The molecule has 0 radical (unpaired) electrons. The van der Waals surface area contributed by atoms with Crippen molar-refractivity contribution < 1.29 is 22.7 Å². The summed E-state index contributed by atoms with van der Waals surface area (Å²) in [4.78, 5) is 29.8. The van der Waals surface area contributed by atoms with Crippen LogP contribution in [0.1, 0.15) is 47.6 Å². The fraction of sp³-hybridized carbons (Fsp3) is 0.297. The van der Waals surface area contributed by atoms with E-state index in [0.717, 1.165) is 40.8 Å². The summed E-state index contributed by atoms with van der Waals surface area (Å²) >= 11 is 0. The molecule has 2 amide bonds. The molecular formula is C37H41N3O5S. The van der Waals surface area contributed by atoms with Gasteiger partial charge in [-0.05, 0) is 72.2 Å². The standard InChI is InChI=1S/C37H41N3O5S/c1-45-33-19-14-30(15-20-33)24-25-38-37(42)36(32-12-6-3-7-13-32)40(28-31-10-4-2-5-11-31)35(41)23-18-29-16-21-34(22-17-29)46(43,44)39-26-8-9-27-39/h2-7,10-17,19-22,36H,8-9,18,23-28H2,1H3,(H,38,42)/t36-/m1/s1. The minimum Gasteiger partial charge on any atom is -0.497 e. The molecule has 0 bridgehead atoms. The van der Waals surface area contributed by atoms with Crippen LogP contribution in [0, 0.1) is 0 Å². The highest BCUT2D eigenvalue weighted by Crippen LogP contribution is 2.26. The first-order valence-corrected chi connectivity index (χ1v) is 17.2. The molecule has 0 aromatic heterocycles. The van der Waals surface area contributed by atoms with Crippen LogP contribution in [0.25, 0.3) is 0 Å². The van der Waals surface area contributed by atoms with E-state index < -0.39 is 16.1 Å². The number of carbonyl (C=O) groups is 2. The largest absolute Gasteiger partial charge is 0.497 e. The molecule has 46 heavy (non-hydrogen) atoms. The van der Waals surface area contributed by atoms with Crippen LogP contribution in [-0.4, -0.2) is 56.2 Å². The van der Waals surface area contributed by atoms with Crippen molar-refractivity contribution in [3.8, 4) is 5.75 Å². The summed E-state index contributed by atoms with van der Waals surface area (Å²) < 4.78 is 32.7. The summed E-state index contributed by atoms with van der Waals surface area (Å²) in [7, 11) is -1.88. The second-order valence-corrected chi connectivity index (χ2v) is 13.4. The van der Waals surface area contributed by atoms with E-state index in [1.165, 1.54) is 4.31 Å². The van der Waals surface area contributed by atoms with E-state index in [1.807, 2.05) is 84.9 Å². The van der Waals surface area contributed by atoms with Crippen molar-refractivity contribution in [2.24, 2.45) is 0 Å². The summed E-state index contributed by atoms with van der Waals surface area (Å²) in [6.45, 7) is 1.77. The molecule has 8 nitrogen and oxygen atoms in total. The van der Waals surface area contributed by atoms with Gasteiger partial charge in [0.15, 0.2) is 0 Å². The zero-order valence-electron chi connectivity index (χ0n) is 26.2. The maximum Gasteiger partial charge on any atom is 0.247 e. The molecule has 9 heteroatoms. The molecule has 1 saturated heterocycles. The number of hydrogen-bond donors (Lipinski definition) is 1. The molecule has 1 N–H and O–H groups in total. The third kappa shape index (κ3) is 8.41. The van der Waals surface area contributed by atoms with Crippen LogP contribution in [-0.2, 0) is 39.0 Å². The Bertz CT molecular complexity index is 1670. The molecule has 4 aromatic rings. The second kappa shape index (κ2) is 15.7. The number of ether oxygens (including phenoxy) is 1. The summed E-state index contributed by atoms with van der Waals surface area (Å²) in [6.07, 6.45) is 2.96. The molecule has 1 atom stereocenters. The number of rotatable bonds is 14. The zero-order valence-corrected chi connectivity index (χ0v) is 27.0. The zero-order chi connectivity index (χ0) is 32.4. The minimum atomic E-state index is -3.51. The maximum atomic E-state index is 14.0. The van der Waals surface area contributed by atoms with E-state index in [-0.39, 0.29) is 29.7 Å². The summed E-state index contributed by atoms with van der Waals surface area (Å²) in [5, 5.41) is 3.07. The predicted octanol–water partition coefficient (Wildman–Crippen LogP) is 5.54. The lowest BCUT2D eigenvalue weighted by molar-refractivity contribution is -0.141. The fourth-order valence-corrected chi connectivity index (χ4v) is 7.25. The molecule has 240 valence electrons. The molecule has 5 rings (SSSR count). The van der Waals surface area contributed by atoms with Gasteiger partial charge in [-0.3, -0.25) is 9.59 Å². The number of carbonyl (C=O) groups excluding carboxylic acids is 2. The predicted molar refractivity (Wildman–Crippen MR) is 179 cm³/mol. The molecule has 1 heterocycles. The summed E-state index contributed by atoms with van der Waals surface area (Å²) in [5.74, 6) is 0.354. The van der Waals surface area contributed by atoms with Crippen molar-refractivity contribution in [3.63, 3.8) is 0 Å². The van der Waals surface area contributed by atoms with E-state index in [4.69, 9.17) is 4.74 Å². The summed E-state index contributed by atoms with van der Waals surface area (Å²) in [5.41, 5.74) is 3.56. The number of nitrogens with zero attached hydrogens (tertiary/aromatic N) is 2. The number of methoxy groups -OCH3 is 1. The quantitative estimate of drug-likeness (QED) is 0.196. The lowest BCUT2D eigenvalue weighted by Crippen LogP contribution is -2.44. The van der Waals surface area contributed by atoms with Crippen molar-refractivity contribution in [1.29, 1.82) is 0 Å². The number of sulfonamides is 1. The number of amides is 2. The van der Waals surface area contributed by atoms with Crippen LogP contribution in [0.2, 0.25) is 0 Å². The van der Waals surface area contributed by atoms with Gasteiger partial charge in [0.05, 0.1) is 12.0 Å². The summed E-state index contributed by atoms with van der Waals surface area (Å²) in [6, 6.07) is 32.7. The molecule has 1 fully saturated rings. The molecule has 4 aromatic carbocycles. The van der Waals surface area contributed by atoms with Crippen molar-refractivity contribution in [2.75, 3.05) is 26.7 Å². The molecule has 0 aliphatic carbocycles. The Morgan fingerprint density at radius 2 is 1.37 bits per heavy atom. The molecule has 0 saturated carbocycles. The maximum absolute atomic E-state index is 14.0. The van der Waals surface area contributed by atoms with Gasteiger partial charge < -0.3 is 15.0 Å².